The number of nitrogens with zero attached hydrogens (tertiary/aromatic N) is 3. The number of hydrogen-bond acceptors (Lipinski definition) is 5. The molecule has 1 aliphatic rings. The lowest BCUT2D eigenvalue weighted by molar-refractivity contribution is -0.0971. The Morgan fingerprint density at radius 1 is 1.35 bits per heavy atom. The third-order valence-corrected chi connectivity index (χ3v) is 4.83. The number of carbonyl (C=O) groups is 1. The molecule has 110 valence electrons. The second-order valence-corrected chi connectivity index (χ2v) is 6.87. The highest BCUT2D eigenvalue weighted by Crippen LogP contribution is 2.38. The van der Waals surface area contributed by atoms with Gasteiger partial charge in [-0.2, -0.15) is 0 Å². The Hall–Kier alpha value is -1.14. The van der Waals surface area contributed by atoms with Gasteiger partial charge in [0.1, 0.15) is 0 Å². The minimum Gasteiger partial charge on any atom is -0.389 e. The fraction of sp³-hybridized carbons (Fsp3) is 0.643. The second kappa shape index (κ2) is 5.33. The van der Waals surface area contributed by atoms with Crippen LogP contribution in [0.2, 0.25) is 0 Å². The van der Waals surface area contributed by atoms with E-state index in [4.69, 9.17) is 0 Å². The Bertz CT molecular complexity index is 500. The molecule has 1 N–H and O–H groups in total. The highest BCUT2D eigenvalue weighted by molar-refractivity contribution is 7.98. The van der Waals surface area contributed by atoms with E-state index in [-0.39, 0.29) is 11.3 Å². The minimum atomic E-state index is -0.747. The lowest BCUT2D eigenvalue weighted by atomic mass is 9.71. The SMILES string of the molecule is CSc1ncc(C(=O)N2CC[C@](C)(O)C(C)(C)C2)cn1. The number of likely N-dealkylation sites (tertiary alicyclic amines) is 1. The zero-order valence-corrected chi connectivity index (χ0v) is 13.2. The first-order chi connectivity index (χ1) is 9.27. The highest BCUT2D eigenvalue weighted by Gasteiger charge is 2.45. The van der Waals surface area contributed by atoms with Crippen LogP contribution in [0, 0.1) is 5.41 Å². The van der Waals surface area contributed by atoms with Gasteiger partial charge < -0.3 is 10.0 Å². The molecule has 1 amide bonds. The Morgan fingerprint density at radius 2 is 1.95 bits per heavy atom. The van der Waals surface area contributed by atoms with Gasteiger partial charge in [-0.15, -0.1) is 0 Å². The van der Waals surface area contributed by atoms with Crippen molar-refractivity contribution in [3.05, 3.63) is 18.0 Å². The van der Waals surface area contributed by atoms with E-state index in [0.29, 0.717) is 30.2 Å². The third-order valence-electron chi connectivity index (χ3n) is 4.26. The van der Waals surface area contributed by atoms with Gasteiger partial charge in [-0.25, -0.2) is 9.97 Å². The number of aliphatic hydroxyl groups is 1. The van der Waals surface area contributed by atoms with Crippen LogP contribution in [0.5, 0.6) is 0 Å². The van der Waals surface area contributed by atoms with E-state index >= 15 is 0 Å². The van der Waals surface area contributed by atoms with Crippen LogP contribution in [0.4, 0.5) is 0 Å². The van der Waals surface area contributed by atoms with Crippen molar-refractivity contribution in [1.29, 1.82) is 0 Å². The fourth-order valence-corrected chi connectivity index (χ4v) is 2.62. The van der Waals surface area contributed by atoms with Crippen LogP contribution in [0.25, 0.3) is 0 Å². The average molecular weight is 295 g/mol. The average Bonchev–Trinajstić information content (AvgIpc) is 2.41. The van der Waals surface area contributed by atoms with Gasteiger partial charge in [-0.05, 0) is 19.6 Å². The third kappa shape index (κ3) is 2.81. The molecular weight excluding hydrogens is 274 g/mol. The molecule has 0 aromatic carbocycles. The molecule has 2 heterocycles. The Balaban J connectivity index is 2.14. The number of aromatic nitrogens is 2. The van der Waals surface area contributed by atoms with Crippen molar-refractivity contribution in [3.8, 4) is 0 Å². The summed E-state index contributed by atoms with van der Waals surface area (Å²) in [5, 5.41) is 11.0. The predicted octanol–water partition coefficient (Wildman–Crippen LogP) is 1.82. The summed E-state index contributed by atoms with van der Waals surface area (Å²) < 4.78 is 0. The lowest BCUT2D eigenvalue weighted by Crippen LogP contribution is -2.57. The number of thioether (sulfide) groups is 1. The van der Waals surface area contributed by atoms with Crippen molar-refractivity contribution in [2.24, 2.45) is 5.41 Å². The maximum Gasteiger partial charge on any atom is 0.257 e. The molecule has 1 atom stereocenters. The molecule has 1 fully saturated rings. The van der Waals surface area contributed by atoms with E-state index in [2.05, 4.69) is 9.97 Å². The Morgan fingerprint density at radius 3 is 2.45 bits per heavy atom. The first-order valence-electron chi connectivity index (χ1n) is 6.64. The molecule has 0 saturated carbocycles. The van der Waals surface area contributed by atoms with Crippen molar-refractivity contribution in [1.82, 2.24) is 14.9 Å². The Kier molecular flexibility index (Phi) is 4.07. The number of carbonyl (C=O) groups excluding carboxylic acids is 1. The summed E-state index contributed by atoms with van der Waals surface area (Å²) in [6.07, 6.45) is 5.61. The summed E-state index contributed by atoms with van der Waals surface area (Å²) in [6, 6.07) is 0. The van der Waals surface area contributed by atoms with Crippen LogP contribution >= 0.6 is 11.8 Å². The van der Waals surface area contributed by atoms with Gasteiger partial charge in [0.2, 0.25) is 0 Å². The molecule has 5 nitrogen and oxygen atoms in total. The van der Waals surface area contributed by atoms with Crippen molar-refractivity contribution in [2.45, 2.75) is 37.9 Å². The molecule has 20 heavy (non-hydrogen) atoms. The summed E-state index contributed by atoms with van der Waals surface area (Å²) in [7, 11) is 0. The maximum absolute atomic E-state index is 12.5. The van der Waals surface area contributed by atoms with Crippen molar-refractivity contribution in [2.75, 3.05) is 19.3 Å². The summed E-state index contributed by atoms with van der Waals surface area (Å²) in [4.78, 5) is 22.5. The van der Waals surface area contributed by atoms with Gasteiger partial charge in [0.15, 0.2) is 5.16 Å². The van der Waals surface area contributed by atoms with Gasteiger partial charge in [-0.1, -0.05) is 25.6 Å². The van der Waals surface area contributed by atoms with Gasteiger partial charge >= 0.3 is 0 Å². The van der Waals surface area contributed by atoms with E-state index in [1.165, 1.54) is 11.8 Å². The van der Waals surface area contributed by atoms with Gasteiger partial charge in [0, 0.05) is 30.9 Å². The van der Waals surface area contributed by atoms with E-state index in [9.17, 15) is 9.90 Å². The van der Waals surface area contributed by atoms with Crippen molar-refractivity contribution in [3.63, 3.8) is 0 Å². The van der Waals surface area contributed by atoms with E-state index in [0.717, 1.165) is 0 Å². The molecule has 6 heteroatoms. The smallest absolute Gasteiger partial charge is 0.257 e. The number of rotatable bonds is 2. The molecule has 0 bridgehead atoms. The quantitative estimate of drug-likeness (QED) is 0.666. The van der Waals surface area contributed by atoms with Crippen molar-refractivity contribution >= 4 is 17.7 Å². The Labute approximate surface area is 123 Å². The molecule has 0 aliphatic carbocycles. The normalized spacial score (nSPS) is 25.6. The largest absolute Gasteiger partial charge is 0.389 e. The predicted molar refractivity (Wildman–Crippen MR) is 78.7 cm³/mol. The van der Waals surface area contributed by atoms with Crippen LogP contribution in [0.1, 0.15) is 37.6 Å². The first-order valence-corrected chi connectivity index (χ1v) is 7.87. The number of hydrogen-bond donors (Lipinski definition) is 1. The standard InChI is InChI=1S/C14H21N3O2S/c1-13(2)9-17(6-5-14(13,3)19)11(18)10-7-15-12(20-4)16-8-10/h7-8,19H,5-6,9H2,1-4H3/t14-/m0/s1. The van der Waals surface area contributed by atoms with Crippen LogP contribution < -0.4 is 0 Å². The summed E-state index contributed by atoms with van der Waals surface area (Å²) in [6.45, 7) is 6.90. The van der Waals surface area contributed by atoms with E-state index in [1.54, 1.807) is 17.3 Å². The second-order valence-electron chi connectivity index (χ2n) is 6.09. The molecule has 1 saturated heterocycles. The minimum absolute atomic E-state index is 0.0683. The molecule has 0 spiro atoms. The van der Waals surface area contributed by atoms with Crippen molar-refractivity contribution < 1.29 is 9.90 Å². The maximum atomic E-state index is 12.5. The van der Waals surface area contributed by atoms with E-state index in [1.807, 2.05) is 27.0 Å². The molecule has 1 aromatic rings. The molecular formula is C14H21N3O2S. The van der Waals surface area contributed by atoms with Gasteiger partial charge in [0.05, 0.1) is 11.2 Å². The van der Waals surface area contributed by atoms with E-state index < -0.39 is 5.60 Å². The first kappa shape index (κ1) is 15.3. The highest BCUT2D eigenvalue weighted by atomic mass is 32.2. The molecule has 1 aliphatic heterocycles. The lowest BCUT2D eigenvalue weighted by Gasteiger charge is -2.48. The molecule has 0 radical (unpaired) electrons. The summed E-state index contributed by atoms with van der Waals surface area (Å²) in [5.41, 5.74) is -0.579. The van der Waals surface area contributed by atoms with Crippen LogP contribution in [-0.4, -0.2) is 50.8 Å². The summed E-state index contributed by atoms with van der Waals surface area (Å²) in [5.74, 6) is -0.0683. The molecule has 2 rings (SSSR count). The van der Waals surface area contributed by atoms with Gasteiger partial charge in [-0.3, -0.25) is 4.79 Å². The van der Waals surface area contributed by atoms with Crippen LogP contribution in [-0.2, 0) is 0 Å². The topological polar surface area (TPSA) is 66.3 Å². The monoisotopic (exact) mass is 295 g/mol. The fourth-order valence-electron chi connectivity index (χ4n) is 2.31. The number of amides is 1. The van der Waals surface area contributed by atoms with Crippen LogP contribution in [0.15, 0.2) is 17.6 Å². The zero-order valence-electron chi connectivity index (χ0n) is 12.4. The zero-order chi connectivity index (χ0) is 15.0. The van der Waals surface area contributed by atoms with Crippen LogP contribution in [0.3, 0.4) is 0 Å². The number of piperidine rings is 1. The van der Waals surface area contributed by atoms with Gasteiger partial charge in [0.25, 0.3) is 5.91 Å². The molecule has 1 aromatic heterocycles. The summed E-state index contributed by atoms with van der Waals surface area (Å²) >= 11 is 1.44. The molecule has 0 unspecified atom stereocenters.